The van der Waals surface area contributed by atoms with Crippen molar-refractivity contribution in [3.8, 4) is 5.88 Å². The van der Waals surface area contributed by atoms with Crippen molar-refractivity contribution in [2.24, 2.45) is 0 Å². The molecule has 18 heavy (non-hydrogen) atoms. The highest BCUT2D eigenvalue weighted by Crippen LogP contribution is 2.26. The molecule has 5 nitrogen and oxygen atoms in total. The molecule has 1 saturated heterocycles. The van der Waals surface area contributed by atoms with Crippen LogP contribution >= 0.6 is 11.7 Å². The first-order valence-electron chi connectivity index (χ1n) is 6.70. The summed E-state index contributed by atoms with van der Waals surface area (Å²) in [5, 5.41) is 0. The van der Waals surface area contributed by atoms with Gasteiger partial charge in [-0.1, -0.05) is 19.8 Å². The van der Waals surface area contributed by atoms with Gasteiger partial charge in [0.2, 0.25) is 5.82 Å². The Hall–Kier alpha value is -0.880. The van der Waals surface area contributed by atoms with Crippen LogP contribution in [-0.4, -0.2) is 53.5 Å². The molecule has 0 bridgehead atoms. The van der Waals surface area contributed by atoms with Crippen LogP contribution in [-0.2, 0) is 0 Å². The standard InChI is InChI=1S/C12H22N4OS/c1-3-4-5-10-17-12-11(13-18-14-12)16-8-6-15(2)7-9-16/h3-10H2,1-2H3. The van der Waals surface area contributed by atoms with Gasteiger partial charge in [0.25, 0.3) is 5.88 Å². The fourth-order valence-corrected chi connectivity index (χ4v) is 2.52. The molecule has 102 valence electrons. The van der Waals surface area contributed by atoms with Gasteiger partial charge >= 0.3 is 0 Å². The SMILES string of the molecule is CCCCCOc1nsnc1N1CCN(C)CC1. The summed E-state index contributed by atoms with van der Waals surface area (Å²) in [4.78, 5) is 4.61. The van der Waals surface area contributed by atoms with E-state index in [1.807, 2.05) is 0 Å². The van der Waals surface area contributed by atoms with Gasteiger partial charge < -0.3 is 14.5 Å². The highest BCUT2D eigenvalue weighted by Gasteiger charge is 2.21. The molecule has 0 aromatic carbocycles. The van der Waals surface area contributed by atoms with Crippen LogP contribution < -0.4 is 9.64 Å². The predicted molar refractivity (Wildman–Crippen MR) is 74.6 cm³/mol. The average molecular weight is 270 g/mol. The molecule has 0 radical (unpaired) electrons. The Kier molecular flexibility index (Phi) is 5.19. The third-order valence-electron chi connectivity index (χ3n) is 3.23. The molecule has 2 heterocycles. The number of hydrogen-bond donors (Lipinski definition) is 0. The molecular weight excluding hydrogens is 248 g/mol. The van der Waals surface area contributed by atoms with Crippen molar-refractivity contribution in [2.45, 2.75) is 26.2 Å². The van der Waals surface area contributed by atoms with E-state index in [1.165, 1.54) is 24.6 Å². The summed E-state index contributed by atoms with van der Waals surface area (Å²) >= 11 is 1.24. The predicted octanol–water partition coefficient (Wildman–Crippen LogP) is 1.86. The van der Waals surface area contributed by atoms with E-state index in [4.69, 9.17) is 4.74 Å². The lowest BCUT2D eigenvalue weighted by Crippen LogP contribution is -2.44. The minimum absolute atomic E-state index is 0.723. The highest BCUT2D eigenvalue weighted by molar-refractivity contribution is 6.99. The first-order valence-corrected chi connectivity index (χ1v) is 7.43. The molecule has 0 atom stereocenters. The van der Waals surface area contributed by atoms with Crippen LogP contribution in [0.5, 0.6) is 5.88 Å². The van der Waals surface area contributed by atoms with Crippen LogP contribution in [0.3, 0.4) is 0 Å². The number of piperazine rings is 1. The summed E-state index contributed by atoms with van der Waals surface area (Å²) in [6.45, 7) is 7.11. The fraction of sp³-hybridized carbons (Fsp3) is 0.833. The fourth-order valence-electron chi connectivity index (χ4n) is 2.00. The topological polar surface area (TPSA) is 41.5 Å². The van der Waals surface area contributed by atoms with Crippen LogP contribution in [0.1, 0.15) is 26.2 Å². The Morgan fingerprint density at radius 3 is 2.67 bits per heavy atom. The van der Waals surface area contributed by atoms with E-state index < -0.39 is 0 Å². The van der Waals surface area contributed by atoms with E-state index in [0.717, 1.165) is 50.9 Å². The van der Waals surface area contributed by atoms with E-state index in [2.05, 4.69) is 32.5 Å². The molecule has 0 saturated carbocycles. The molecule has 0 amide bonds. The Bertz CT molecular complexity index is 350. The zero-order valence-electron chi connectivity index (χ0n) is 11.3. The molecule has 1 aromatic heterocycles. The molecule has 6 heteroatoms. The summed E-state index contributed by atoms with van der Waals surface area (Å²) in [7, 11) is 2.15. The van der Waals surface area contributed by atoms with Crippen LogP contribution in [0, 0.1) is 0 Å². The maximum Gasteiger partial charge on any atom is 0.270 e. The van der Waals surface area contributed by atoms with Gasteiger partial charge in [0.1, 0.15) is 0 Å². The molecular formula is C12H22N4OS. The van der Waals surface area contributed by atoms with Crippen molar-refractivity contribution >= 4 is 17.5 Å². The monoisotopic (exact) mass is 270 g/mol. The van der Waals surface area contributed by atoms with Crippen molar-refractivity contribution in [3.05, 3.63) is 0 Å². The third kappa shape index (κ3) is 3.55. The van der Waals surface area contributed by atoms with E-state index in [9.17, 15) is 0 Å². The first-order chi connectivity index (χ1) is 8.81. The summed E-state index contributed by atoms with van der Waals surface area (Å²) in [5.41, 5.74) is 0. The lowest BCUT2D eigenvalue weighted by molar-refractivity contribution is 0.290. The maximum atomic E-state index is 5.74. The van der Waals surface area contributed by atoms with E-state index >= 15 is 0 Å². The van der Waals surface area contributed by atoms with Gasteiger partial charge in [-0.05, 0) is 13.5 Å². The summed E-state index contributed by atoms with van der Waals surface area (Å²) < 4.78 is 14.4. The zero-order chi connectivity index (χ0) is 12.8. The lowest BCUT2D eigenvalue weighted by atomic mass is 10.3. The number of unbranched alkanes of at least 4 members (excludes halogenated alkanes) is 2. The molecule has 1 aliphatic rings. The van der Waals surface area contributed by atoms with Gasteiger partial charge in [-0.2, -0.15) is 4.37 Å². The van der Waals surface area contributed by atoms with Crippen LogP contribution in [0.4, 0.5) is 5.82 Å². The average Bonchev–Trinajstić information content (AvgIpc) is 2.84. The molecule has 1 fully saturated rings. The summed E-state index contributed by atoms with van der Waals surface area (Å²) in [6, 6.07) is 0. The Labute approximate surface area is 113 Å². The summed E-state index contributed by atoms with van der Waals surface area (Å²) in [6.07, 6.45) is 3.52. The molecule has 1 aliphatic heterocycles. The van der Waals surface area contributed by atoms with Gasteiger partial charge in [-0.3, -0.25) is 0 Å². The number of anilines is 1. The van der Waals surface area contributed by atoms with Gasteiger partial charge in [0.15, 0.2) is 0 Å². The quantitative estimate of drug-likeness (QED) is 0.738. The Balaban J connectivity index is 1.87. The number of aromatic nitrogens is 2. The van der Waals surface area contributed by atoms with E-state index in [0.29, 0.717) is 0 Å². The number of rotatable bonds is 6. The van der Waals surface area contributed by atoms with Crippen molar-refractivity contribution in [1.29, 1.82) is 0 Å². The normalized spacial score (nSPS) is 17.1. The van der Waals surface area contributed by atoms with Gasteiger partial charge in [-0.25, -0.2) is 0 Å². The maximum absolute atomic E-state index is 5.74. The third-order valence-corrected chi connectivity index (χ3v) is 3.73. The van der Waals surface area contributed by atoms with Gasteiger partial charge in [-0.15, -0.1) is 4.37 Å². The molecule has 1 aromatic rings. The Morgan fingerprint density at radius 2 is 1.94 bits per heavy atom. The zero-order valence-corrected chi connectivity index (χ0v) is 12.1. The molecule has 0 aliphatic carbocycles. The molecule has 2 rings (SSSR count). The molecule has 0 spiro atoms. The van der Waals surface area contributed by atoms with E-state index in [-0.39, 0.29) is 0 Å². The molecule has 0 N–H and O–H groups in total. The molecule has 0 unspecified atom stereocenters. The van der Waals surface area contributed by atoms with Gasteiger partial charge in [0.05, 0.1) is 18.3 Å². The number of likely N-dealkylation sites (N-methyl/N-ethyl adjacent to an activating group) is 1. The smallest absolute Gasteiger partial charge is 0.270 e. The number of hydrogen-bond acceptors (Lipinski definition) is 6. The van der Waals surface area contributed by atoms with Crippen molar-refractivity contribution < 1.29 is 4.74 Å². The Morgan fingerprint density at radius 1 is 1.17 bits per heavy atom. The van der Waals surface area contributed by atoms with Crippen LogP contribution in [0.25, 0.3) is 0 Å². The van der Waals surface area contributed by atoms with Crippen molar-refractivity contribution in [3.63, 3.8) is 0 Å². The minimum atomic E-state index is 0.723. The number of nitrogens with zero attached hydrogens (tertiary/aromatic N) is 4. The number of ether oxygens (including phenoxy) is 1. The highest BCUT2D eigenvalue weighted by atomic mass is 32.1. The van der Waals surface area contributed by atoms with Crippen molar-refractivity contribution in [1.82, 2.24) is 13.6 Å². The van der Waals surface area contributed by atoms with Crippen LogP contribution in [0.2, 0.25) is 0 Å². The van der Waals surface area contributed by atoms with Gasteiger partial charge in [0, 0.05) is 26.2 Å². The second kappa shape index (κ2) is 6.89. The van der Waals surface area contributed by atoms with E-state index in [1.54, 1.807) is 0 Å². The first kappa shape index (κ1) is 13.5. The largest absolute Gasteiger partial charge is 0.474 e. The summed E-state index contributed by atoms with van der Waals surface area (Å²) in [5.74, 6) is 1.66. The second-order valence-corrected chi connectivity index (χ2v) is 5.27. The van der Waals surface area contributed by atoms with Crippen LogP contribution in [0.15, 0.2) is 0 Å². The van der Waals surface area contributed by atoms with Crippen molar-refractivity contribution in [2.75, 3.05) is 44.7 Å². The lowest BCUT2D eigenvalue weighted by Gasteiger charge is -2.32. The minimum Gasteiger partial charge on any atom is -0.474 e. The second-order valence-electron chi connectivity index (χ2n) is 4.74.